The average molecular weight is 483 g/mol. The van der Waals surface area contributed by atoms with E-state index >= 15 is 0 Å². The van der Waals surface area contributed by atoms with Gasteiger partial charge in [0.1, 0.15) is 6.10 Å². The number of esters is 1. The van der Waals surface area contributed by atoms with E-state index in [0.29, 0.717) is 41.6 Å². The molecular formula is C22H34N4O4S2. The predicted octanol–water partition coefficient (Wildman–Crippen LogP) is 3.86. The Kier molecular flexibility index (Phi) is 8.21. The zero-order valence-corrected chi connectivity index (χ0v) is 21.2. The molecule has 0 amide bonds. The largest absolute Gasteiger partial charge is 0.461 e. The van der Waals surface area contributed by atoms with Gasteiger partial charge in [-0.25, -0.2) is 8.42 Å². The van der Waals surface area contributed by atoms with Crippen LogP contribution in [0.15, 0.2) is 28.4 Å². The third-order valence-electron chi connectivity index (χ3n) is 6.25. The van der Waals surface area contributed by atoms with Gasteiger partial charge in [0.2, 0.25) is 10.0 Å². The highest BCUT2D eigenvalue weighted by Gasteiger charge is 2.33. The smallest absolute Gasteiger partial charge is 0.316 e. The molecule has 10 heteroatoms. The van der Waals surface area contributed by atoms with Crippen molar-refractivity contribution in [2.45, 2.75) is 70.0 Å². The van der Waals surface area contributed by atoms with Crippen molar-refractivity contribution in [3.8, 4) is 0 Å². The van der Waals surface area contributed by atoms with E-state index in [1.807, 2.05) is 13.8 Å². The number of sulfonamides is 1. The second kappa shape index (κ2) is 10.5. The van der Waals surface area contributed by atoms with Gasteiger partial charge in [-0.1, -0.05) is 52.8 Å². The summed E-state index contributed by atoms with van der Waals surface area (Å²) in [5.74, 6) is 1.25. The maximum absolute atomic E-state index is 12.9. The van der Waals surface area contributed by atoms with Gasteiger partial charge in [-0.2, -0.15) is 4.31 Å². The molecule has 1 fully saturated rings. The number of rotatable bonds is 9. The molecular weight excluding hydrogens is 448 g/mol. The van der Waals surface area contributed by atoms with Crippen LogP contribution in [-0.2, 0) is 19.6 Å². The molecule has 0 bridgehead atoms. The molecule has 3 rings (SSSR count). The zero-order chi connectivity index (χ0) is 23.5. The summed E-state index contributed by atoms with van der Waals surface area (Å²) in [7, 11) is -3.60. The molecule has 1 aliphatic carbocycles. The number of thioether (sulfide) groups is 1. The van der Waals surface area contributed by atoms with Crippen LogP contribution in [0.1, 0.15) is 53.9 Å². The van der Waals surface area contributed by atoms with Crippen molar-refractivity contribution >= 4 is 33.4 Å². The average Bonchev–Trinajstić information content (AvgIpc) is 3.15. The lowest BCUT2D eigenvalue weighted by Gasteiger charge is -2.36. The van der Waals surface area contributed by atoms with Gasteiger partial charge in [-0.3, -0.25) is 9.20 Å². The van der Waals surface area contributed by atoms with E-state index in [4.69, 9.17) is 4.74 Å². The molecule has 2 aromatic heterocycles. The molecule has 178 valence electrons. The Balaban J connectivity index is 1.72. The van der Waals surface area contributed by atoms with Gasteiger partial charge in [0, 0.05) is 19.3 Å². The summed E-state index contributed by atoms with van der Waals surface area (Å²) in [6.07, 6.45) is 4.64. The molecule has 0 radical (unpaired) electrons. The van der Waals surface area contributed by atoms with Crippen molar-refractivity contribution in [2.24, 2.45) is 17.8 Å². The number of hydrogen-bond acceptors (Lipinski definition) is 7. The van der Waals surface area contributed by atoms with Gasteiger partial charge in [0.25, 0.3) is 0 Å². The zero-order valence-electron chi connectivity index (χ0n) is 19.5. The maximum Gasteiger partial charge on any atom is 0.316 e. The topological polar surface area (TPSA) is 93.9 Å². The lowest BCUT2D eigenvalue weighted by atomic mass is 9.75. The van der Waals surface area contributed by atoms with Crippen molar-refractivity contribution in [3.63, 3.8) is 0 Å². The van der Waals surface area contributed by atoms with Crippen molar-refractivity contribution in [3.05, 3.63) is 18.3 Å². The monoisotopic (exact) mass is 482 g/mol. The molecule has 8 nitrogen and oxygen atoms in total. The normalized spacial score (nSPS) is 22.0. The Morgan fingerprint density at radius 1 is 1.25 bits per heavy atom. The van der Waals surface area contributed by atoms with Crippen LogP contribution < -0.4 is 0 Å². The Labute approximate surface area is 195 Å². The molecule has 32 heavy (non-hydrogen) atoms. The van der Waals surface area contributed by atoms with E-state index in [1.165, 1.54) is 34.8 Å². The van der Waals surface area contributed by atoms with E-state index in [0.717, 1.165) is 12.8 Å². The number of pyridine rings is 1. The first-order chi connectivity index (χ1) is 15.2. The van der Waals surface area contributed by atoms with Crippen LogP contribution in [0, 0.1) is 17.8 Å². The summed E-state index contributed by atoms with van der Waals surface area (Å²) in [4.78, 5) is 12.8. The fourth-order valence-electron chi connectivity index (χ4n) is 4.39. The summed E-state index contributed by atoms with van der Waals surface area (Å²) in [5, 5.41) is 8.70. The number of carbonyl (C=O) groups is 1. The number of aromatic nitrogens is 3. The molecule has 0 aromatic carbocycles. The minimum Gasteiger partial charge on any atom is -0.461 e. The summed E-state index contributed by atoms with van der Waals surface area (Å²) < 4.78 is 34.6. The van der Waals surface area contributed by atoms with Crippen LogP contribution in [0.4, 0.5) is 0 Å². The van der Waals surface area contributed by atoms with Crippen LogP contribution in [0.5, 0.6) is 0 Å². The van der Waals surface area contributed by atoms with E-state index in [1.54, 1.807) is 10.5 Å². The summed E-state index contributed by atoms with van der Waals surface area (Å²) in [6.45, 7) is 11.0. The highest BCUT2D eigenvalue weighted by molar-refractivity contribution is 7.99. The Bertz CT molecular complexity index is 1030. The Morgan fingerprint density at radius 2 is 1.97 bits per heavy atom. The highest BCUT2D eigenvalue weighted by atomic mass is 32.2. The minimum atomic E-state index is -3.60. The van der Waals surface area contributed by atoms with Crippen molar-refractivity contribution in [1.29, 1.82) is 0 Å². The van der Waals surface area contributed by atoms with E-state index in [9.17, 15) is 13.2 Å². The molecule has 0 saturated heterocycles. The van der Waals surface area contributed by atoms with E-state index in [-0.39, 0.29) is 22.7 Å². The van der Waals surface area contributed by atoms with Gasteiger partial charge < -0.3 is 4.74 Å². The number of ether oxygens (including phenoxy) is 1. The third kappa shape index (κ3) is 5.46. The lowest BCUT2D eigenvalue weighted by Crippen LogP contribution is -2.36. The van der Waals surface area contributed by atoms with Crippen molar-refractivity contribution in [1.82, 2.24) is 18.9 Å². The van der Waals surface area contributed by atoms with Crippen LogP contribution in [0.3, 0.4) is 0 Å². The quantitative estimate of drug-likeness (QED) is 0.396. The number of nitrogens with zero attached hydrogens (tertiary/aromatic N) is 4. The van der Waals surface area contributed by atoms with Crippen LogP contribution in [-0.4, -0.2) is 58.2 Å². The van der Waals surface area contributed by atoms with Gasteiger partial charge in [0.15, 0.2) is 10.8 Å². The Hall–Kier alpha value is -1.65. The fourth-order valence-corrected chi connectivity index (χ4v) is 6.55. The summed E-state index contributed by atoms with van der Waals surface area (Å²) in [6, 6.07) is 3.17. The summed E-state index contributed by atoms with van der Waals surface area (Å²) >= 11 is 1.21. The van der Waals surface area contributed by atoms with Gasteiger partial charge in [-0.15, -0.1) is 10.2 Å². The van der Waals surface area contributed by atoms with E-state index < -0.39 is 10.0 Å². The summed E-state index contributed by atoms with van der Waals surface area (Å²) in [5.41, 5.74) is 0.528. The molecule has 3 atom stereocenters. The molecule has 1 aliphatic rings. The molecule has 3 unspecified atom stereocenters. The SMILES string of the molecule is CCN(CC)S(=O)(=O)c1ccc2nnc(SCC(=O)OC3CC(C)CCC3C(C)C)n2c1. The number of fused-ring (bicyclic) bond motifs is 1. The molecule has 2 aromatic rings. The van der Waals surface area contributed by atoms with Crippen LogP contribution in [0.2, 0.25) is 0 Å². The first kappa shape index (κ1) is 25.0. The predicted molar refractivity (Wildman–Crippen MR) is 125 cm³/mol. The van der Waals surface area contributed by atoms with Crippen molar-refractivity contribution in [2.75, 3.05) is 18.8 Å². The van der Waals surface area contributed by atoms with Gasteiger partial charge in [0.05, 0.1) is 10.6 Å². The van der Waals surface area contributed by atoms with Crippen molar-refractivity contribution < 1.29 is 17.9 Å². The molecule has 0 aliphatic heterocycles. The highest BCUT2D eigenvalue weighted by Crippen LogP contribution is 2.35. The molecule has 2 heterocycles. The van der Waals surface area contributed by atoms with Crippen LogP contribution in [0.25, 0.3) is 5.65 Å². The first-order valence-electron chi connectivity index (χ1n) is 11.3. The lowest BCUT2D eigenvalue weighted by molar-refractivity contribution is -0.152. The molecule has 0 spiro atoms. The van der Waals surface area contributed by atoms with Gasteiger partial charge in [-0.05, 0) is 42.7 Å². The van der Waals surface area contributed by atoms with Gasteiger partial charge >= 0.3 is 5.97 Å². The standard InChI is InChI=1S/C22H34N4O4S2/c1-6-25(7-2)32(28,29)17-9-11-20-23-24-22(26(20)13-17)31-14-21(27)30-19-12-16(5)8-10-18(19)15(3)4/h9,11,13,15-16,18-19H,6-8,10,12,14H2,1-5H3. The molecule has 0 N–H and O–H groups in total. The first-order valence-corrected chi connectivity index (χ1v) is 13.8. The third-order valence-corrected chi connectivity index (χ3v) is 9.20. The fraction of sp³-hybridized carbons (Fsp3) is 0.682. The number of hydrogen-bond donors (Lipinski definition) is 0. The Morgan fingerprint density at radius 3 is 2.62 bits per heavy atom. The minimum absolute atomic E-state index is 0.0483. The molecule has 1 saturated carbocycles. The maximum atomic E-state index is 12.9. The van der Waals surface area contributed by atoms with Crippen LogP contribution >= 0.6 is 11.8 Å². The second-order valence-electron chi connectivity index (χ2n) is 8.81. The van der Waals surface area contributed by atoms with E-state index in [2.05, 4.69) is 31.0 Å². The number of carbonyl (C=O) groups excluding carboxylic acids is 1. The second-order valence-corrected chi connectivity index (χ2v) is 11.7.